The van der Waals surface area contributed by atoms with Gasteiger partial charge in [0.2, 0.25) is 0 Å². The van der Waals surface area contributed by atoms with Crippen LogP contribution >= 0.6 is 0 Å². The third-order valence-electron chi connectivity index (χ3n) is 3.90. The van der Waals surface area contributed by atoms with E-state index in [1.165, 1.54) is 17.5 Å². The molecule has 0 heterocycles. The molecule has 2 rings (SSSR count). The van der Waals surface area contributed by atoms with Crippen LogP contribution in [0.15, 0.2) is 24.3 Å². The van der Waals surface area contributed by atoms with Crippen molar-refractivity contribution in [2.24, 2.45) is 0 Å². The first-order valence-corrected chi connectivity index (χ1v) is 7.07. The van der Waals surface area contributed by atoms with Gasteiger partial charge < -0.3 is 4.90 Å². The molecule has 0 aliphatic heterocycles. The molecular formula is C16H23N3. The average Bonchev–Trinajstić information content (AvgIpc) is 2.59. The summed E-state index contributed by atoms with van der Waals surface area (Å²) < 4.78 is 0. The lowest BCUT2D eigenvalue weighted by atomic mass is 9.85. The van der Waals surface area contributed by atoms with Gasteiger partial charge >= 0.3 is 0 Å². The number of hydrogen-bond acceptors (Lipinski definition) is 3. The summed E-state index contributed by atoms with van der Waals surface area (Å²) in [6, 6.07) is 11.0. The number of nitrogens with zero attached hydrogens (tertiary/aromatic N) is 2. The van der Waals surface area contributed by atoms with E-state index in [0.717, 1.165) is 32.4 Å². The fourth-order valence-corrected chi connectivity index (χ4v) is 2.83. The molecule has 3 heteroatoms. The zero-order chi connectivity index (χ0) is 13.7. The molecule has 1 unspecified atom stereocenters. The highest BCUT2D eigenvalue weighted by Gasteiger charge is 2.34. The van der Waals surface area contributed by atoms with Gasteiger partial charge in [0, 0.05) is 13.1 Å². The summed E-state index contributed by atoms with van der Waals surface area (Å²) in [5, 5.41) is 13.3. The van der Waals surface area contributed by atoms with E-state index < -0.39 is 5.54 Å². The Morgan fingerprint density at radius 1 is 1.32 bits per heavy atom. The highest BCUT2D eigenvalue weighted by Crippen LogP contribution is 2.33. The SMILES string of the molecule is CN(C)CCNC1(C#N)CCCCc2ccccc21. The van der Waals surface area contributed by atoms with Crippen LogP contribution in [0.1, 0.15) is 30.4 Å². The fraction of sp³-hybridized carbons (Fsp3) is 0.562. The normalized spacial score (nSPS) is 22.6. The van der Waals surface area contributed by atoms with Gasteiger partial charge in [-0.25, -0.2) is 0 Å². The minimum absolute atomic E-state index is 0.497. The number of benzene rings is 1. The van der Waals surface area contributed by atoms with Gasteiger partial charge in [0.1, 0.15) is 5.54 Å². The van der Waals surface area contributed by atoms with Crippen LogP contribution in [-0.4, -0.2) is 32.1 Å². The van der Waals surface area contributed by atoms with Crippen molar-refractivity contribution in [3.63, 3.8) is 0 Å². The Balaban J connectivity index is 2.25. The average molecular weight is 257 g/mol. The summed E-state index contributed by atoms with van der Waals surface area (Å²) in [7, 11) is 4.11. The summed E-state index contributed by atoms with van der Waals surface area (Å²) in [5.74, 6) is 0. The highest BCUT2D eigenvalue weighted by atomic mass is 15.1. The molecule has 0 saturated heterocycles. The lowest BCUT2D eigenvalue weighted by Crippen LogP contribution is -2.44. The molecule has 1 aliphatic carbocycles. The molecule has 1 aromatic rings. The van der Waals surface area contributed by atoms with Crippen molar-refractivity contribution in [3.05, 3.63) is 35.4 Å². The van der Waals surface area contributed by atoms with Crippen LogP contribution in [0.5, 0.6) is 0 Å². The van der Waals surface area contributed by atoms with Gasteiger partial charge in [0.25, 0.3) is 0 Å². The van der Waals surface area contributed by atoms with Crippen LogP contribution in [0.4, 0.5) is 0 Å². The number of fused-ring (bicyclic) bond motifs is 1. The molecule has 0 bridgehead atoms. The van der Waals surface area contributed by atoms with E-state index in [0.29, 0.717) is 0 Å². The summed E-state index contributed by atoms with van der Waals surface area (Å²) in [5.41, 5.74) is 2.02. The van der Waals surface area contributed by atoms with Gasteiger partial charge in [0.15, 0.2) is 0 Å². The number of nitriles is 1. The topological polar surface area (TPSA) is 39.1 Å². The van der Waals surface area contributed by atoms with Gasteiger partial charge in [-0.15, -0.1) is 0 Å². The second-order valence-electron chi connectivity index (χ2n) is 5.61. The first-order valence-electron chi connectivity index (χ1n) is 7.07. The van der Waals surface area contributed by atoms with E-state index in [1.54, 1.807) is 0 Å². The highest BCUT2D eigenvalue weighted by molar-refractivity contribution is 5.39. The largest absolute Gasteiger partial charge is 0.308 e. The Morgan fingerprint density at radius 3 is 2.84 bits per heavy atom. The summed E-state index contributed by atoms with van der Waals surface area (Å²) >= 11 is 0. The van der Waals surface area contributed by atoms with Crippen LogP contribution in [0.2, 0.25) is 0 Å². The molecule has 1 aromatic carbocycles. The molecule has 3 nitrogen and oxygen atoms in total. The van der Waals surface area contributed by atoms with E-state index in [2.05, 4.69) is 48.6 Å². The first-order chi connectivity index (χ1) is 9.18. The van der Waals surface area contributed by atoms with Crippen LogP contribution < -0.4 is 5.32 Å². The zero-order valence-corrected chi connectivity index (χ0v) is 11.9. The van der Waals surface area contributed by atoms with Crippen LogP contribution in [0.3, 0.4) is 0 Å². The van der Waals surface area contributed by atoms with Crippen LogP contribution in [0.25, 0.3) is 0 Å². The first kappa shape index (κ1) is 14.0. The van der Waals surface area contributed by atoms with Crippen LogP contribution in [-0.2, 0) is 12.0 Å². The molecule has 1 aliphatic rings. The molecule has 0 fully saturated rings. The molecule has 0 saturated carbocycles. The zero-order valence-electron chi connectivity index (χ0n) is 11.9. The second-order valence-corrected chi connectivity index (χ2v) is 5.61. The number of aryl methyl sites for hydroxylation is 1. The molecule has 1 atom stereocenters. The summed E-state index contributed by atoms with van der Waals surface area (Å²) in [6.45, 7) is 1.79. The molecule has 0 aromatic heterocycles. The van der Waals surface area contributed by atoms with Crippen molar-refractivity contribution < 1.29 is 0 Å². The Morgan fingerprint density at radius 2 is 2.11 bits per heavy atom. The maximum Gasteiger partial charge on any atom is 0.132 e. The van der Waals surface area contributed by atoms with E-state index in [9.17, 15) is 5.26 Å². The van der Waals surface area contributed by atoms with E-state index in [-0.39, 0.29) is 0 Å². The third-order valence-corrected chi connectivity index (χ3v) is 3.90. The minimum atomic E-state index is -0.497. The predicted octanol–water partition coefficient (Wildman–Crippen LogP) is 2.28. The van der Waals surface area contributed by atoms with Crippen molar-refractivity contribution >= 4 is 0 Å². The molecule has 19 heavy (non-hydrogen) atoms. The fourth-order valence-electron chi connectivity index (χ4n) is 2.83. The maximum absolute atomic E-state index is 9.75. The molecule has 0 amide bonds. The summed E-state index contributed by atoms with van der Waals surface area (Å²) in [4.78, 5) is 2.14. The smallest absolute Gasteiger partial charge is 0.132 e. The second kappa shape index (κ2) is 6.18. The van der Waals surface area contributed by atoms with Crippen molar-refractivity contribution in [3.8, 4) is 6.07 Å². The van der Waals surface area contributed by atoms with Gasteiger partial charge in [-0.05, 0) is 50.9 Å². The molecule has 102 valence electrons. The standard InChI is InChI=1S/C16H23N3/c1-19(2)12-11-18-16(13-17)10-6-5-8-14-7-3-4-9-15(14)16/h3-4,7,9,18H,5-6,8,10-12H2,1-2H3. The molecular weight excluding hydrogens is 234 g/mol. The lowest BCUT2D eigenvalue weighted by molar-refractivity contribution is 0.341. The predicted molar refractivity (Wildman–Crippen MR) is 77.8 cm³/mol. The molecule has 0 radical (unpaired) electrons. The number of hydrogen-bond donors (Lipinski definition) is 1. The van der Waals surface area contributed by atoms with Crippen LogP contribution in [0, 0.1) is 11.3 Å². The Bertz CT molecular complexity index is 461. The monoisotopic (exact) mass is 257 g/mol. The van der Waals surface area contributed by atoms with E-state index >= 15 is 0 Å². The van der Waals surface area contributed by atoms with Gasteiger partial charge in [-0.3, -0.25) is 5.32 Å². The molecule has 1 N–H and O–H groups in total. The maximum atomic E-state index is 9.75. The van der Waals surface area contributed by atoms with E-state index in [4.69, 9.17) is 0 Å². The molecule has 0 spiro atoms. The summed E-state index contributed by atoms with van der Waals surface area (Å²) in [6.07, 6.45) is 4.29. The van der Waals surface area contributed by atoms with Crippen molar-refractivity contribution in [1.82, 2.24) is 10.2 Å². The number of rotatable bonds is 4. The van der Waals surface area contributed by atoms with Gasteiger partial charge in [-0.1, -0.05) is 24.3 Å². The third kappa shape index (κ3) is 3.15. The van der Waals surface area contributed by atoms with E-state index in [1.807, 2.05) is 6.07 Å². The lowest BCUT2D eigenvalue weighted by Gasteiger charge is -2.29. The quantitative estimate of drug-likeness (QED) is 0.841. The number of nitrogens with one attached hydrogen (secondary N) is 1. The Kier molecular flexibility index (Phi) is 4.57. The van der Waals surface area contributed by atoms with Crippen molar-refractivity contribution in [2.75, 3.05) is 27.2 Å². The van der Waals surface area contributed by atoms with Gasteiger partial charge in [0.05, 0.1) is 6.07 Å². The minimum Gasteiger partial charge on any atom is -0.308 e. The Labute approximate surface area is 116 Å². The Hall–Kier alpha value is -1.37. The van der Waals surface area contributed by atoms with Crippen molar-refractivity contribution in [2.45, 2.75) is 31.2 Å². The number of likely N-dealkylation sites (N-methyl/N-ethyl adjacent to an activating group) is 1. The van der Waals surface area contributed by atoms with Crippen molar-refractivity contribution in [1.29, 1.82) is 5.26 Å². The van der Waals surface area contributed by atoms with Gasteiger partial charge in [-0.2, -0.15) is 5.26 Å².